The molecule has 1 N–H and O–H groups in total. The van der Waals surface area contributed by atoms with E-state index in [0.717, 1.165) is 0 Å². The van der Waals surface area contributed by atoms with E-state index in [0.29, 0.717) is 34.5 Å². The van der Waals surface area contributed by atoms with Crippen LogP contribution in [-0.2, 0) is 16.1 Å². The number of hydrogen-bond donors (Lipinski definition) is 1. The Bertz CT molecular complexity index is 761. The molecule has 0 bridgehead atoms. The summed E-state index contributed by atoms with van der Waals surface area (Å²) in [4.78, 5) is 25.6. The number of methoxy groups -OCH3 is 2. The van der Waals surface area contributed by atoms with Gasteiger partial charge in [-0.15, -0.1) is 0 Å². The number of rotatable bonds is 8. The number of ether oxygens (including phenoxy) is 2. The van der Waals surface area contributed by atoms with Crippen LogP contribution in [0.5, 0.6) is 11.5 Å². The number of furan rings is 1. The molecule has 1 aromatic carbocycles. The molecule has 2 amide bonds. The topological polar surface area (TPSA) is 81.0 Å². The number of carbonyl (C=O) groups is 2. The fourth-order valence-corrected chi connectivity index (χ4v) is 2.63. The summed E-state index contributed by atoms with van der Waals surface area (Å²) in [6.07, 6.45) is 1.66. The second-order valence-electron chi connectivity index (χ2n) is 5.44. The number of nitrogens with one attached hydrogen (secondary N) is 1. The standard InChI is InChI=1S/C18H21ClN2O5/c1-12(22)21(7-6-18(23)20-11-13-5-4-8-26-13)15-10-16(24-2)14(19)9-17(15)25-3/h4-5,8-10H,6-7,11H2,1-3H3,(H,20,23). The van der Waals surface area contributed by atoms with Crippen LogP contribution in [0, 0.1) is 0 Å². The quantitative estimate of drug-likeness (QED) is 0.761. The largest absolute Gasteiger partial charge is 0.495 e. The Kier molecular flexibility index (Phi) is 6.91. The van der Waals surface area contributed by atoms with E-state index in [1.165, 1.54) is 26.0 Å². The van der Waals surface area contributed by atoms with E-state index >= 15 is 0 Å². The average molecular weight is 381 g/mol. The first kappa shape index (κ1) is 19.7. The molecule has 0 atom stereocenters. The van der Waals surface area contributed by atoms with Gasteiger partial charge in [-0.25, -0.2) is 0 Å². The Balaban J connectivity index is 2.08. The molecule has 0 aliphatic heterocycles. The van der Waals surface area contributed by atoms with Gasteiger partial charge in [-0.2, -0.15) is 0 Å². The summed E-state index contributed by atoms with van der Waals surface area (Å²) in [5, 5.41) is 3.11. The van der Waals surface area contributed by atoms with Crippen molar-refractivity contribution in [3.63, 3.8) is 0 Å². The fraction of sp³-hybridized carbons (Fsp3) is 0.333. The Morgan fingerprint density at radius 3 is 2.54 bits per heavy atom. The third-order valence-corrected chi connectivity index (χ3v) is 4.02. The number of amides is 2. The van der Waals surface area contributed by atoms with Crippen molar-refractivity contribution in [3.8, 4) is 11.5 Å². The second-order valence-corrected chi connectivity index (χ2v) is 5.84. The first-order valence-corrected chi connectivity index (χ1v) is 8.32. The van der Waals surface area contributed by atoms with Gasteiger partial charge in [-0.05, 0) is 12.1 Å². The van der Waals surface area contributed by atoms with Crippen molar-refractivity contribution in [2.75, 3.05) is 25.7 Å². The summed E-state index contributed by atoms with van der Waals surface area (Å²) in [6.45, 7) is 1.89. The minimum absolute atomic E-state index is 0.119. The zero-order valence-corrected chi connectivity index (χ0v) is 15.6. The molecule has 0 saturated carbocycles. The number of hydrogen-bond acceptors (Lipinski definition) is 5. The molecule has 0 unspecified atom stereocenters. The van der Waals surface area contributed by atoms with Crippen molar-refractivity contribution >= 4 is 29.1 Å². The normalized spacial score (nSPS) is 10.3. The predicted octanol–water partition coefficient (Wildman–Crippen LogP) is 3.01. The molecule has 0 spiro atoms. The monoisotopic (exact) mass is 380 g/mol. The highest BCUT2D eigenvalue weighted by Crippen LogP contribution is 2.38. The molecule has 0 radical (unpaired) electrons. The Hall–Kier alpha value is -2.67. The third-order valence-electron chi connectivity index (χ3n) is 3.73. The molecule has 1 aromatic heterocycles. The van der Waals surface area contributed by atoms with E-state index in [2.05, 4.69) is 5.32 Å². The maximum atomic E-state index is 12.1. The summed E-state index contributed by atoms with van der Waals surface area (Å²) >= 11 is 6.10. The second kappa shape index (κ2) is 9.15. The van der Waals surface area contributed by atoms with Gasteiger partial charge in [0.15, 0.2) is 0 Å². The molecule has 8 heteroatoms. The van der Waals surface area contributed by atoms with Gasteiger partial charge in [0.1, 0.15) is 17.3 Å². The van der Waals surface area contributed by atoms with Gasteiger partial charge in [0.25, 0.3) is 0 Å². The maximum Gasteiger partial charge on any atom is 0.223 e. The highest BCUT2D eigenvalue weighted by Gasteiger charge is 2.20. The van der Waals surface area contributed by atoms with E-state index in [1.54, 1.807) is 30.5 Å². The first-order chi connectivity index (χ1) is 12.5. The smallest absolute Gasteiger partial charge is 0.223 e. The number of nitrogens with zero attached hydrogens (tertiary/aromatic N) is 1. The van der Waals surface area contributed by atoms with Crippen molar-refractivity contribution in [3.05, 3.63) is 41.3 Å². The molecule has 0 aliphatic rings. The van der Waals surface area contributed by atoms with Crippen LogP contribution in [0.15, 0.2) is 34.9 Å². The molecular weight excluding hydrogens is 360 g/mol. The van der Waals surface area contributed by atoms with Crippen LogP contribution >= 0.6 is 11.6 Å². The molecule has 0 fully saturated rings. The third kappa shape index (κ3) is 4.92. The van der Waals surface area contributed by atoms with Crippen LogP contribution in [0.2, 0.25) is 5.02 Å². The van der Waals surface area contributed by atoms with Crippen molar-refractivity contribution in [1.82, 2.24) is 5.32 Å². The fourth-order valence-electron chi connectivity index (χ4n) is 2.40. The van der Waals surface area contributed by atoms with Gasteiger partial charge >= 0.3 is 0 Å². The van der Waals surface area contributed by atoms with Crippen LogP contribution in [0.25, 0.3) is 0 Å². The molecule has 26 heavy (non-hydrogen) atoms. The number of carbonyl (C=O) groups excluding carboxylic acids is 2. The first-order valence-electron chi connectivity index (χ1n) is 7.95. The van der Waals surface area contributed by atoms with Crippen LogP contribution in [-0.4, -0.2) is 32.6 Å². The summed E-state index contributed by atoms with van der Waals surface area (Å²) in [7, 11) is 2.97. The molecule has 0 saturated heterocycles. The highest BCUT2D eigenvalue weighted by molar-refractivity contribution is 6.32. The van der Waals surface area contributed by atoms with Crippen LogP contribution in [0.3, 0.4) is 0 Å². The van der Waals surface area contributed by atoms with Crippen LogP contribution in [0.1, 0.15) is 19.1 Å². The lowest BCUT2D eigenvalue weighted by Crippen LogP contribution is -2.34. The van der Waals surface area contributed by atoms with Gasteiger partial charge in [-0.3, -0.25) is 9.59 Å². The number of halogens is 1. The molecule has 7 nitrogen and oxygen atoms in total. The van der Waals surface area contributed by atoms with Gasteiger partial charge in [0.2, 0.25) is 11.8 Å². The lowest BCUT2D eigenvalue weighted by Gasteiger charge is -2.24. The maximum absolute atomic E-state index is 12.1. The van der Waals surface area contributed by atoms with E-state index in [1.807, 2.05) is 0 Å². The van der Waals surface area contributed by atoms with Gasteiger partial charge in [-0.1, -0.05) is 11.6 Å². The number of benzene rings is 1. The number of anilines is 1. The zero-order valence-electron chi connectivity index (χ0n) is 14.9. The average Bonchev–Trinajstić information content (AvgIpc) is 3.14. The lowest BCUT2D eigenvalue weighted by atomic mass is 10.2. The minimum Gasteiger partial charge on any atom is -0.495 e. The molecular formula is C18H21ClN2O5. The SMILES string of the molecule is COc1cc(N(CCC(=O)NCc2ccco2)C(C)=O)c(OC)cc1Cl. The Morgan fingerprint density at radius 2 is 1.96 bits per heavy atom. The van der Waals surface area contributed by atoms with Gasteiger partial charge in [0, 0.05) is 32.0 Å². The zero-order chi connectivity index (χ0) is 19.1. The van der Waals surface area contributed by atoms with E-state index in [9.17, 15) is 9.59 Å². The summed E-state index contributed by atoms with van der Waals surface area (Å²) < 4.78 is 15.7. The highest BCUT2D eigenvalue weighted by atomic mass is 35.5. The molecule has 0 aliphatic carbocycles. The Labute approximate surface area is 156 Å². The molecule has 2 rings (SSSR count). The van der Waals surface area contributed by atoms with Crippen LogP contribution in [0.4, 0.5) is 5.69 Å². The van der Waals surface area contributed by atoms with E-state index in [4.69, 9.17) is 25.5 Å². The van der Waals surface area contributed by atoms with Crippen molar-refractivity contribution in [1.29, 1.82) is 0 Å². The van der Waals surface area contributed by atoms with Gasteiger partial charge < -0.3 is 24.1 Å². The molecule has 140 valence electrons. The minimum atomic E-state index is -0.230. The summed E-state index contributed by atoms with van der Waals surface area (Å²) in [5.41, 5.74) is 0.486. The van der Waals surface area contributed by atoms with E-state index < -0.39 is 0 Å². The van der Waals surface area contributed by atoms with Crippen molar-refractivity contribution in [2.45, 2.75) is 19.9 Å². The summed E-state index contributed by atoms with van der Waals surface area (Å²) in [5.74, 6) is 1.06. The van der Waals surface area contributed by atoms with Crippen molar-refractivity contribution < 1.29 is 23.5 Å². The lowest BCUT2D eigenvalue weighted by molar-refractivity contribution is -0.121. The molecule has 2 aromatic rings. The Morgan fingerprint density at radius 1 is 1.23 bits per heavy atom. The van der Waals surface area contributed by atoms with Crippen molar-refractivity contribution in [2.24, 2.45) is 0 Å². The predicted molar refractivity (Wildman–Crippen MR) is 97.8 cm³/mol. The molecule has 1 heterocycles. The summed E-state index contributed by atoms with van der Waals surface area (Å²) in [6, 6.07) is 6.71. The van der Waals surface area contributed by atoms with Gasteiger partial charge in [0.05, 0.1) is 37.7 Å². The van der Waals surface area contributed by atoms with E-state index in [-0.39, 0.29) is 24.8 Å². The van der Waals surface area contributed by atoms with Crippen LogP contribution < -0.4 is 19.7 Å².